The van der Waals surface area contributed by atoms with E-state index in [4.69, 9.17) is 14.2 Å². The van der Waals surface area contributed by atoms with Gasteiger partial charge in [-0.25, -0.2) is 0 Å². The van der Waals surface area contributed by atoms with E-state index in [9.17, 15) is 14.4 Å². The molecule has 0 atom stereocenters. The SMILES string of the molecule is CC(C)(C)CCOCCCC(=O)C#CC(=O)NCCOCCC(=O)OC(C)(C)C. The molecule has 0 saturated carbocycles. The van der Waals surface area contributed by atoms with Crippen molar-refractivity contribution in [3.63, 3.8) is 0 Å². The molecular weight excluding hydrogens is 374 g/mol. The van der Waals surface area contributed by atoms with Crippen molar-refractivity contribution in [3.05, 3.63) is 0 Å². The van der Waals surface area contributed by atoms with Gasteiger partial charge >= 0.3 is 5.97 Å². The molecule has 0 radical (unpaired) electrons. The van der Waals surface area contributed by atoms with Crippen LogP contribution in [0.5, 0.6) is 0 Å². The monoisotopic (exact) mass is 411 g/mol. The molecule has 0 saturated heterocycles. The second-order valence-corrected chi connectivity index (χ2v) is 8.90. The van der Waals surface area contributed by atoms with E-state index in [0.717, 1.165) is 6.42 Å². The van der Waals surface area contributed by atoms with Crippen molar-refractivity contribution < 1.29 is 28.6 Å². The van der Waals surface area contributed by atoms with Crippen LogP contribution in [0.1, 0.15) is 67.2 Å². The zero-order valence-electron chi connectivity index (χ0n) is 18.8. The van der Waals surface area contributed by atoms with Gasteiger partial charge in [0.15, 0.2) is 0 Å². The lowest BCUT2D eigenvalue weighted by atomic mass is 9.93. The lowest BCUT2D eigenvalue weighted by Crippen LogP contribution is -2.27. The predicted octanol–water partition coefficient (Wildman–Crippen LogP) is 2.66. The van der Waals surface area contributed by atoms with Crippen molar-refractivity contribution in [2.24, 2.45) is 5.41 Å². The second kappa shape index (κ2) is 14.1. The Kier molecular flexibility index (Phi) is 13.2. The number of hydrogen-bond donors (Lipinski definition) is 1. The average molecular weight is 412 g/mol. The molecule has 0 aliphatic carbocycles. The fourth-order valence-electron chi connectivity index (χ4n) is 1.94. The highest BCUT2D eigenvalue weighted by Crippen LogP contribution is 2.17. The summed E-state index contributed by atoms with van der Waals surface area (Å²) >= 11 is 0. The summed E-state index contributed by atoms with van der Waals surface area (Å²) in [5.74, 6) is 3.45. The Hall–Kier alpha value is -1.91. The number of ether oxygens (including phenoxy) is 3. The smallest absolute Gasteiger partial charge is 0.308 e. The molecule has 0 aromatic rings. The Morgan fingerprint density at radius 1 is 0.828 bits per heavy atom. The Balaban J connectivity index is 3.71. The van der Waals surface area contributed by atoms with Gasteiger partial charge in [0.1, 0.15) is 5.60 Å². The minimum absolute atomic E-state index is 0.152. The van der Waals surface area contributed by atoms with Crippen LogP contribution in [0.2, 0.25) is 0 Å². The van der Waals surface area contributed by atoms with Crippen LogP contribution in [-0.4, -0.2) is 56.2 Å². The molecule has 0 unspecified atom stereocenters. The Bertz CT molecular complexity index is 575. The topological polar surface area (TPSA) is 90.9 Å². The summed E-state index contributed by atoms with van der Waals surface area (Å²) in [5, 5.41) is 2.53. The van der Waals surface area contributed by atoms with Crippen molar-refractivity contribution >= 4 is 17.7 Å². The van der Waals surface area contributed by atoms with E-state index in [1.54, 1.807) is 20.8 Å². The van der Waals surface area contributed by atoms with Crippen LogP contribution in [0.25, 0.3) is 0 Å². The van der Waals surface area contributed by atoms with Gasteiger partial charge < -0.3 is 19.5 Å². The van der Waals surface area contributed by atoms with Crippen molar-refractivity contribution in [1.29, 1.82) is 0 Å². The van der Waals surface area contributed by atoms with E-state index >= 15 is 0 Å². The summed E-state index contributed by atoms with van der Waals surface area (Å²) < 4.78 is 15.9. The highest BCUT2D eigenvalue weighted by atomic mass is 16.6. The number of carbonyl (C=O) groups excluding carboxylic acids is 3. The number of hydrogen-bond acceptors (Lipinski definition) is 6. The number of esters is 1. The number of rotatable bonds is 12. The lowest BCUT2D eigenvalue weighted by Gasteiger charge is -2.19. The van der Waals surface area contributed by atoms with E-state index in [-0.39, 0.29) is 49.8 Å². The van der Waals surface area contributed by atoms with Crippen molar-refractivity contribution in [2.45, 2.75) is 72.8 Å². The third kappa shape index (κ3) is 20.6. The first kappa shape index (κ1) is 27.1. The molecule has 166 valence electrons. The molecule has 0 spiro atoms. The first-order valence-electron chi connectivity index (χ1n) is 10.1. The Labute approximate surface area is 175 Å². The van der Waals surface area contributed by atoms with Gasteiger partial charge in [0.2, 0.25) is 5.78 Å². The fraction of sp³-hybridized carbons (Fsp3) is 0.773. The van der Waals surface area contributed by atoms with Gasteiger partial charge in [-0.15, -0.1) is 0 Å². The highest BCUT2D eigenvalue weighted by molar-refractivity contribution is 6.03. The molecule has 0 rings (SSSR count). The van der Waals surface area contributed by atoms with Crippen LogP contribution < -0.4 is 5.32 Å². The minimum atomic E-state index is -0.532. The van der Waals surface area contributed by atoms with Gasteiger partial charge in [0.25, 0.3) is 5.91 Å². The second-order valence-electron chi connectivity index (χ2n) is 8.90. The largest absolute Gasteiger partial charge is 0.460 e. The molecule has 0 fully saturated rings. The van der Waals surface area contributed by atoms with Gasteiger partial charge in [-0.3, -0.25) is 14.4 Å². The maximum absolute atomic E-state index is 11.6. The molecule has 1 amide bonds. The van der Waals surface area contributed by atoms with Gasteiger partial charge in [0.05, 0.1) is 19.6 Å². The van der Waals surface area contributed by atoms with E-state index in [1.165, 1.54) is 0 Å². The van der Waals surface area contributed by atoms with E-state index in [0.29, 0.717) is 19.6 Å². The standard InChI is InChI=1S/C22H37NO6/c1-21(2,3)12-16-27-14-7-8-18(24)9-10-19(25)23-13-17-28-15-11-20(26)29-22(4,5)6/h7-8,11-17H2,1-6H3,(H,23,25). The molecule has 0 aliphatic heterocycles. The summed E-state index contributed by atoms with van der Waals surface area (Å²) in [5.41, 5.74) is -0.280. The molecule has 0 aliphatic rings. The fourth-order valence-corrected chi connectivity index (χ4v) is 1.94. The van der Waals surface area contributed by atoms with Crippen LogP contribution in [0.15, 0.2) is 0 Å². The number of ketones is 1. The van der Waals surface area contributed by atoms with Gasteiger partial charge in [-0.1, -0.05) is 20.8 Å². The first-order valence-corrected chi connectivity index (χ1v) is 10.1. The van der Waals surface area contributed by atoms with Crippen molar-refractivity contribution in [3.8, 4) is 11.8 Å². The summed E-state index contributed by atoms with van der Waals surface area (Å²) in [6.07, 6.45) is 1.97. The molecule has 29 heavy (non-hydrogen) atoms. The summed E-state index contributed by atoms with van der Waals surface area (Å²) in [6.45, 7) is 13.7. The van der Waals surface area contributed by atoms with Crippen LogP contribution >= 0.6 is 0 Å². The van der Waals surface area contributed by atoms with Crippen LogP contribution in [0.3, 0.4) is 0 Å². The molecule has 0 heterocycles. The molecule has 0 aromatic carbocycles. The number of Topliss-reactive ketones (excluding diaryl/α,β-unsaturated/α-hetero) is 1. The quantitative estimate of drug-likeness (QED) is 0.230. The lowest BCUT2D eigenvalue weighted by molar-refractivity contribution is -0.156. The highest BCUT2D eigenvalue weighted by Gasteiger charge is 2.15. The zero-order valence-corrected chi connectivity index (χ0v) is 18.8. The number of nitrogens with one attached hydrogen (secondary N) is 1. The molecular formula is C22H37NO6. The summed E-state index contributed by atoms with van der Waals surface area (Å²) in [7, 11) is 0. The number of amides is 1. The summed E-state index contributed by atoms with van der Waals surface area (Å²) in [6, 6.07) is 0. The van der Waals surface area contributed by atoms with Gasteiger partial charge in [-0.05, 0) is 44.9 Å². The zero-order chi connectivity index (χ0) is 22.3. The minimum Gasteiger partial charge on any atom is -0.460 e. The first-order chi connectivity index (χ1) is 13.4. The van der Waals surface area contributed by atoms with E-state index in [1.807, 2.05) is 0 Å². The summed E-state index contributed by atoms with van der Waals surface area (Å²) in [4.78, 5) is 34.7. The molecule has 7 heteroatoms. The molecule has 0 aromatic heterocycles. The van der Waals surface area contributed by atoms with Gasteiger partial charge in [0, 0.05) is 32.1 Å². The van der Waals surface area contributed by atoms with Crippen molar-refractivity contribution in [2.75, 3.05) is 33.0 Å². The maximum atomic E-state index is 11.6. The molecule has 7 nitrogen and oxygen atoms in total. The molecule has 1 N–H and O–H groups in total. The molecule has 0 bridgehead atoms. The third-order valence-electron chi connectivity index (χ3n) is 3.41. The van der Waals surface area contributed by atoms with E-state index in [2.05, 4.69) is 37.9 Å². The van der Waals surface area contributed by atoms with Crippen LogP contribution in [0, 0.1) is 17.3 Å². The van der Waals surface area contributed by atoms with Crippen LogP contribution in [0.4, 0.5) is 0 Å². The van der Waals surface area contributed by atoms with Crippen LogP contribution in [-0.2, 0) is 28.6 Å². The normalized spacial score (nSPS) is 11.4. The Morgan fingerprint density at radius 3 is 2.10 bits per heavy atom. The average Bonchev–Trinajstić information content (AvgIpc) is 2.56. The maximum Gasteiger partial charge on any atom is 0.308 e. The third-order valence-corrected chi connectivity index (χ3v) is 3.41. The van der Waals surface area contributed by atoms with E-state index < -0.39 is 11.5 Å². The Morgan fingerprint density at radius 2 is 1.48 bits per heavy atom. The predicted molar refractivity (Wildman–Crippen MR) is 111 cm³/mol. The number of carbonyl (C=O) groups is 3. The van der Waals surface area contributed by atoms with Gasteiger partial charge in [-0.2, -0.15) is 0 Å². The van der Waals surface area contributed by atoms with Crippen molar-refractivity contribution in [1.82, 2.24) is 5.32 Å².